The van der Waals surface area contributed by atoms with Crippen LogP contribution in [-0.2, 0) is 6.42 Å². The van der Waals surface area contributed by atoms with Crippen molar-refractivity contribution in [3.05, 3.63) is 41.4 Å². The van der Waals surface area contributed by atoms with Crippen LogP contribution in [0.5, 0.6) is 5.75 Å². The summed E-state index contributed by atoms with van der Waals surface area (Å²) in [6.45, 7) is 2.53. The number of aromatic nitrogens is 3. The third-order valence-corrected chi connectivity index (χ3v) is 5.00. The standard InChI is InChI=1S/C19H21FN4O3/c1-3-16-22-18(23-27-16)14-6-4-5-9-24(14)19(25)13-10-11-15(26-2)8-7-12(20)17(11)21-13/h7-8,10,14,21H,3-6,9H2,1-2H3. The molecule has 1 aliphatic heterocycles. The first-order chi connectivity index (χ1) is 13.1. The van der Waals surface area contributed by atoms with Crippen molar-refractivity contribution >= 4 is 16.8 Å². The minimum atomic E-state index is -0.425. The molecule has 2 aromatic heterocycles. The number of piperidine rings is 1. The molecule has 0 spiro atoms. The molecule has 1 unspecified atom stereocenters. The van der Waals surface area contributed by atoms with E-state index in [4.69, 9.17) is 9.26 Å². The van der Waals surface area contributed by atoms with Gasteiger partial charge in [-0.2, -0.15) is 4.98 Å². The summed E-state index contributed by atoms with van der Waals surface area (Å²) in [5.74, 6) is 0.966. The molecule has 1 fully saturated rings. The fourth-order valence-corrected chi connectivity index (χ4v) is 3.60. The molecular weight excluding hydrogens is 351 g/mol. The van der Waals surface area contributed by atoms with Crippen molar-refractivity contribution < 1.29 is 18.4 Å². The number of rotatable bonds is 4. The predicted octanol–water partition coefficient (Wildman–Crippen LogP) is 3.63. The molecule has 0 radical (unpaired) electrons. The summed E-state index contributed by atoms with van der Waals surface area (Å²) in [4.78, 5) is 22.2. The smallest absolute Gasteiger partial charge is 0.270 e. The van der Waals surface area contributed by atoms with Crippen LogP contribution in [0, 0.1) is 5.82 Å². The van der Waals surface area contributed by atoms with Gasteiger partial charge in [0.2, 0.25) is 5.89 Å². The Morgan fingerprint density at radius 3 is 3.04 bits per heavy atom. The maximum absolute atomic E-state index is 14.2. The summed E-state index contributed by atoms with van der Waals surface area (Å²) in [6.07, 6.45) is 3.30. The van der Waals surface area contributed by atoms with Crippen LogP contribution in [0.25, 0.3) is 10.9 Å². The number of aromatic amines is 1. The van der Waals surface area contributed by atoms with E-state index in [9.17, 15) is 9.18 Å². The fourth-order valence-electron chi connectivity index (χ4n) is 3.60. The summed E-state index contributed by atoms with van der Waals surface area (Å²) < 4.78 is 24.7. The quantitative estimate of drug-likeness (QED) is 0.756. The first-order valence-electron chi connectivity index (χ1n) is 9.11. The molecule has 1 saturated heterocycles. The number of hydrogen-bond acceptors (Lipinski definition) is 5. The number of likely N-dealkylation sites (tertiary alicyclic amines) is 1. The Balaban J connectivity index is 1.69. The number of hydrogen-bond donors (Lipinski definition) is 1. The van der Waals surface area contributed by atoms with Crippen molar-refractivity contribution in [2.45, 2.75) is 38.6 Å². The maximum Gasteiger partial charge on any atom is 0.270 e. The first-order valence-corrected chi connectivity index (χ1v) is 9.11. The summed E-state index contributed by atoms with van der Waals surface area (Å²) in [7, 11) is 1.52. The number of carbonyl (C=O) groups excluding carboxylic acids is 1. The van der Waals surface area contributed by atoms with E-state index in [0.717, 1.165) is 19.3 Å². The molecule has 3 aromatic rings. The van der Waals surface area contributed by atoms with Crippen molar-refractivity contribution in [3.8, 4) is 5.75 Å². The van der Waals surface area contributed by atoms with E-state index < -0.39 is 5.82 Å². The van der Waals surface area contributed by atoms with E-state index in [2.05, 4.69) is 15.1 Å². The zero-order valence-corrected chi connectivity index (χ0v) is 15.3. The van der Waals surface area contributed by atoms with Crippen molar-refractivity contribution in [2.24, 2.45) is 0 Å². The molecule has 4 rings (SSSR count). The molecule has 8 heteroatoms. The molecule has 0 bridgehead atoms. The largest absolute Gasteiger partial charge is 0.496 e. The van der Waals surface area contributed by atoms with E-state index in [-0.39, 0.29) is 17.5 Å². The van der Waals surface area contributed by atoms with Crippen molar-refractivity contribution in [1.82, 2.24) is 20.0 Å². The number of halogens is 1. The van der Waals surface area contributed by atoms with E-state index in [0.29, 0.717) is 41.5 Å². The normalized spacial score (nSPS) is 17.4. The minimum absolute atomic E-state index is 0.208. The molecule has 27 heavy (non-hydrogen) atoms. The van der Waals surface area contributed by atoms with E-state index in [1.807, 2.05) is 6.92 Å². The molecule has 0 saturated carbocycles. The van der Waals surface area contributed by atoms with Gasteiger partial charge in [0.1, 0.15) is 17.3 Å². The molecule has 3 heterocycles. The van der Waals surface area contributed by atoms with Crippen LogP contribution in [0.1, 0.15) is 54.4 Å². The fraction of sp³-hybridized carbons (Fsp3) is 0.421. The number of benzene rings is 1. The number of methoxy groups -OCH3 is 1. The zero-order chi connectivity index (χ0) is 19.0. The molecule has 7 nitrogen and oxygen atoms in total. The Labute approximate surface area is 155 Å². The van der Waals surface area contributed by atoms with Crippen LogP contribution in [0.4, 0.5) is 4.39 Å². The molecule has 1 atom stereocenters. The number of carbonyl (C=O) groups is 1. The second-order valence-corrected chi connectivity index (χ2v) is 6.63. The van der Waals surface area contributed by atoms with Crippen molar-refractivity contribution in [2.75, 3.05) is 13.7 Å². The van der Waals surface area contributed by atoms with Gasteiger partial charge in [0.05, 0.1) is 18.7 Å². The number of amides is 1. The van der Waals surface area contributed by atoms with Crippen molar-refractivity contribution in [3.63, 3.8) is 0 Å². The van der Waals surface area contributed by atoms with Gasteiger partial charge in [0.25, 0.3) is 5.91 Å². The molecule has 1 amide bonds. The summed E-state index contributed by atoms with van der Waals surface area (Å²) in [5, 5.41) is 4.59. The lowest BCUT2D eigenvalue weighted by Crippen LogP contribution is -2.39. The summed E-state index contributed by atoms with van der Waals surface area (Å²) in [6, 6.07) is 4.27. The third-order valence-electron chi connectivity index (χ3n) is 5.00. The Kier molecular flexibility index (Phi) is 4.55. The lowest BCUT2D eigenvalue weighted by Gasteiger charge is -2.33. The molecule has 1 aliphatic rings. The van der Waals surface area contributed by atoms with Gasteiger partial charge in [0.15, 0.2) is 5.82 Å². The van der Waals surface area contributed by atoms with Gasteiger partial charge in [0, 0.05) is 18.4 Å². The molecule has 1 aromatic carbocycles. The highest BCUT2D eigenvalue weighted by Gasteiger charge is 2.33. The van der Waals surface area contributed by atoms with Crippen molar-refractivity contribution in [1.29, 1.82) is 0 Å². The van der Waals surface area contributed by atoms with E-state index >= 15 is 0 Å². The van der Waals surface area contributed by atoms with E-state index in [1.54, 1.807) is 17.0 Å². The van der Waals surface area contributed by atoms with Gasteiger partial charge >= 0.3 is 0 Å². The zero-order valence-electron chi connectivity index (χ0n) is 15.3. The van der Waals surface area contributed by atoms with Crippen LogP contribution in [0.2, 0.25) is 0 Å². The molecule has 142 valence electrons. The average Bonchev–Trinajstić information content (AvgIpc) is 3.35. The van der Waals surface area contributed by atoms with Crippen LogP contribution >= 0.6 is 0 Å². The van der Waals surface area contributed by atoms with Gasteiger partial charge < -0.3 is 19.1 Å². The number of aryl methyl sites for hydroxylation is 1. The lowest BCUT2D eigenvalue weighted by atomic mass is 10.0. The average molecular weight is 372 g/mol. The molecular formula is C19H21FN4O3. The topological polar surface area (TPSA) is 84.3 Å². The Hall–Kier alpha value is -2.90. The Bertz CT molecular complexity index is 981. The summed E-state index contributed by atoms with van der Waals surface area (Å²) >= 11 is 0. The highest BCUT2D eigenvalue weighted by atomic mass is 19.1. The van der Waals surface area contributed by atoms with Gasteiger partial charge in [-0.3, -0.25) is 4.79 Å². The number of H-pyrrole nitrogens is 1. The van der Waals surface area contributed by atoms with Gasteiger partial charge in [-0.25, -0.2) is 4.39 Å². The second kappa shape index (κ2) is 7.02. The number of nitrogens with zero attached hydrogens (tertiary/aromatic N) is 3. The highest BCUT2D eigenvalue weighted by molar-refractivity contribution is 6.00. The minimum Gasteiger partial charge on any atom is -0.496 e. The van der Waals surface area contributed by atoms with E-state index in [1.165, 1.54) is 13.2 Å². The SMILES string of the molecule is CCc1nc(C2CCCCN2C(=O)c2cc3c(OC)ccc(F)c3[nH]2)no1. The molecule has 0 aliphatic carbocycles. The number of ether oxygens (including phenoxy) is 1. The third kappa shape index (κ3) is 3.05. The highest BCUT2D eigenvalue weighted by Crippen LogP contribution is 2.33. The number of nitrogens with one attached hydrogen (secondary N) is 1. The Morgan fingerprint density at radius 1 is 1.44 bits per heavy atom. The van der Waals surface area contributed by atoms with Crippen LogP contribution < -0.4 is 4.74 Å². The Morgan fingerprint density at radius 2 is 2.30 bits per heavy atom. The molecule has 1 N–H and O–H groups in total. The summed E-state index contributed by atoms with van der Waals surface area (Å²) in [5.41, 5.74) is 0.582. The predicted molar refractivity (Wildman–Crippen MR) is 96.1 cm³/mol. The van der Waals surface area contributed by atoms with Crippen LogP contribution in [-0.4, -0.2) is 39.6 Å². The van der Waals surface area contributed by atoms with Gasteiger partial charge in [-0.15, -0.1) is 0 Å². The first kappa shape index (κ1) is 17.5. The number of fused-ring (bicyclic) bond motifs is 1. The monoisotopic (exact) mass is 372 g/mol. The van der Waals surface area contributed by atoms with Gasteiger partial charge in [-0.1, -0.05) is 12.1 Å². The van der Waals surface area contributed by atoms with Crippen LogP contribution in [0.15, 0.2) is 22.7 Å². The van der Waals surface area contributed by atoms with Crippen LogP contribution in [0.3, 0.4) is 0 Å². The van der Waals surface area contributed by atoms with Gasteiger partial charge in [-0.05, 0) is 37.5 Å². The maximum atomic E-state index is 14.2. The second-order valence-electron chi connectivity index (χ2n) is 6.63. The lowest BCUT2D eigenvalue weighted by molar-refractivity contribution is 0.0591.